The summed E-state index contributed by atoms with van der Waals surface area (Å²) in [6.07, 6.45) is 5.31. The van der Waals surface area contributed by atoms with Gasteiger partial charge in [-0.25, -0.2) is 0 Å². The highest BCUT2D eigenvalue weighted by Gasteiger charge is 2.20. The van der Waals surface area contributed by atoms with Gasteiger partial charge in [-0.3, -0.25) is 4.79 Å². The maximum Gasteiger partial charge on any atom is 0.288 e. The molecule has 0 fully saturated rings. The van der Waals surface area contributed by atoms with Crippen molar-refractivity contribution in [1.82, 2.24) is 5.32 Å². The zero-order valence-corrected chi connectivity index (χ0v) is 9.78. The van der Waals surface area contributed by atoms with Gasteiger partial charge in [0.1, 0.15) is 5.58 Å². The van der Waals surface area contributed by atoms with Gasteiger partial charge in [0.25, 0.3) is 5.91 Å². The molecule has 0 unspecified atom stereocenters. The van der Waals surface area contributed by atoms with E-state index in [1.54, 1.807) is 19.9 Å². The van der Waals surface area contributed by atoms with Crippen molar-refractivity contribution in [2.75, 3.05) is 0 Å². The molecule has 0 aliphatic rings. The number of nitrogens with one attached hydrogen (secondary N) is 1. The molecule has 2 aromatic rings. The van der Waals surface area contributed by atoms with E-state index < -0.39 is 5.54 Å². The predicted molar refractivity (Wildman–Crippen MR) is 66.6 cm³/mol. The molecule has 3 nitrogen and oxygen atoms in total. The topological polar surface area (TPSA) is 42.2 Å². The average Bonchev–Trinajstić information content (AvgIpc) is 2.72. The number of hydrogen-bond acceptors (Lipinski definition) is 2. The molecule has 1 aromatic heterocycles. The molecule has 0 saturated heterocycles. The summed E-state index contributed by atoms with van der Waals surface area (Å²) >= 11 is 0. The quantitative estimate of drug-likeness (QED) is 0.801. The highest BCUT2D eigenvalue weighted by atomic mass is 16.3. The summed E-state index contributed by atoms with van der Waals surface area (Å²) in [5, 5.41) is 3.61. The van der Waals surface area contributed by atoms with Crippen LogP contribution in [-0.4, -0.2) is 11.4 Å². The number of amides is 1. The third kappa shape index (κ3) is 2.31. The van der Waals surface area contributed by atoms with Crippen LogP contribution in [0.5, 0.6) is 0 Å². The number of carbonyl (C=O) groups excluding carboxylic acids is 1. The van der Waals surface area contributed by atoms with Crippen molar-refractivity contribution >= 4 is 16.9 Å². The van der Waals surface area contributed by atoms with Crippen LogP contribution in [0.25, 0.3) is 11.0 Å². The zero-order valence-electron chi connectivity index (χ0n) is 9.78. The van der Waals surface area contributed by atoms with Gasteiger partial charge in [0.05, 0.1) is 5.54 Å². The summed E-state index contributed by atoms with van der Waals surface area (Å²) in [6.45, 7) is 3.51. The second kappa shape index (κ2) is 3.99. The molecule has 0 saturated carbocycles. The Morgan fingerprint density at radius 1 is 1.41 bits per heavy atom. The molecule has 0 atom stereocenters. The molecule has 3 heteroatoms. The Morgan fingerprint density at radius 2 is 2.12 bits per heavy atom. The van der Waals surface area contributed by atoms with Crippen LogP contribution in [0.3, 0.4) is 0 Å². The Kier molecular flexibility index (Phi) is 2.64. The number of benzene rings is 1. The van der Waals surface area contributed by atoms with E-state index in [1.807, 2.05) is 24.3 Å². The molecule has 1 heterocycles. The average molecular weight is 227 g/mol. The van der Waals surface area contributed by atoms with Crippen LogP contribution in [0.1, 0.15) is 24.4 Å². The van der Waals surface area contributed by atoms with Crippen molar-refractivity contribution in [1.29, 1.82) is 0 Å². The van der Waals surface area contributed by atoms with E-state index in [0.717, 1.165) is 5.39 Å². The Labute approximate surface area is 99.8 Å². The highest BCUT2D eigenvalue weighted by molar-refractivity contribution is 5.96. The molecule has 0 aliphatic carbocycles. The lowest BCUT2D eigenvalue weighted by atomic mass is 10.1. The van der Waals surface area contributed by atoms with Gasteiger partial charge in [-0.15, -0.1) is 6.42 Å². The predicted octanol–water partition coefficient (Wildman–Crippen LogP) is 2.57. The Morgan fingerprint density at radius 3 is 2.76 bits per heavy atom. The van der Waals surface area contributed by atoms with E-state index in [9.17, 15) is 4.79 Å². The first kappa shape index (κ1) is 11.3. The van der Waals surface area contributed by atoms with Gasteiger partial charge >= 0.3 is 0 Å². The first-order valence-electron chi connectivity index (χ1n) is 5.31. The lowest BCUT2D eigenvalue weighted by Crippen LogP contribution is -2.41. The van der Waals surface area contributed by atoms with E-state index in [1.165, 1.54) is 0 Å². The molecule has 0 radical (unpaired) electrons. The van der Waals surface area contributed by atoms with Gasteiger partial charge < -0.3 is 9.73 Å². The highest BCUT2D eigenvalue weighted by Crippen LogP contribution is 2.19. The van der Waals surface area contributed by atoms with Crippen molar-refractivity contribution in [2.45, 2.75) is 19.4 Å². The second-order valence-electron chi connectivity index (χ2n) is 4.37. The Balaban J connectivity index is 2.29. The zero-order chi connectivity index (χ0) is 12.5. The van der Waals surface area contributed by atoms with E-state index in [-0.39, 0.29) is 11.7 Å². The van der Waals surface area contributed by atoms with E-state index >= 15 is 0 Å². The molecular weight excluding hydrogens is 214 g/mol. The third-order valence-electron chi connectivity index (χ3n) is 2.44. The molecule has 1 N–H and O–H groups in total. The molecule has 0 bridgehead atoms. The first-order valence-corrected chi connectivity index (χ1v) is 5.31. The van der Waals surface area contributed by atoms with E-state index in [2.05, 4.69) is 11.2 Å². The van der Waals surface area contributed by atoms with Gasteiger partial charge in [-0.05, 0) is 26.0 Å². The number of fused-ring (bicyclic) bond motifs is 1. The van der Waals surface area contributed by atoms with Crippen molar-refractivity contribution < 1.29 is 9.21 Å². The molecular formula is C14H13NO2. The number of para-hydroxylation sites is 1. The van der Waals surface area contributed by atoms with Gasteiger partial charge in [0.2, 0.25) is 0 Å². The number of terminal acetylenes is 1. The van der Waals surface area contributed by atoms with Gasteiger partial charge in [-0.2, -0.15) is 0 Å². The summed E-state index contributed by atoms with van der Waals surface area (Å²) in [5.41, 5.74) is 0.00643. The second-order valence-corrected chi connectivity index (χ2v) is 4.37. The molecule has 0 spiro atoms. The molecule has 1 amide bonds. The number of carbonyl (C=O) groups is 1. The summed E-state index contributed by atoms with van der Waals surface area (Å²) in [7, 11) is 0. The minimum absolute atomic E-state index is 0.273. The van der Waals surface area contributed by atoms with Crippen molar-refractivity contribution in [2.24, 2.45) is 0 Å². The first-order chi connectivity index (χ1) is 8.02. The molecule has 2 rings (SSSR count). The van der Waals surface area contributed by atoms with E-state index in [0.29, 0.717) is 5.58 Å². The smallest absolute Gasteiger partial charge is 0.288 e. The van der Waals surface area contributed by atoms with Crippen molar-refractivity contribution in [3.05, 3.63) is 36.1 Å². The summed E-state index contributed by atoms with van der Waals surface area (Å²) in [6, 6.07) is 9.17. The maximum absolute atomic E-state index is 11.9. The fourth-order valence-corrected chi connectivity index (χ4v) is 1.48. The SMILES string of the molecule is C#CC(C)(C)NC(=O)c1cc2ccccc2o1. The normalized spacial score (nSPS) is 11.1. The molecule has 1 aromatic carbocycles. The van der Waals surface area contributed by atoms with Gasteiger partial charge in [0, 0.05) is 5.39 Å². The van der Waals surface area contributed by atoms with Crippen LogP contribution in [0.2, 0.25) is 0 Å². The Hall–Kier alpha value is -2.21. The number of rotatable bonds is 2. The largest absolute Gasteiger partial charge is 0.451 e. The van der Waals surface area contributed by atoms with Crippen molar-refractivity contribution in [3.8, 4) is 12.3 Å². The van der Waals surface area contributed by atoms with Gasteiger partial charge in [-0.1, -0.05) is 24.1 Å². The summed E-state index contributed by atoms with van der Waals surface area (Å²) in [5.74, 6) is 2.47. The summed E-state index contributed by atoms with van der Waals surface area (Å²) in [4.78, 5) is 11.9. The van der Waals surface area contributed by atoms with Crippen LogP contribution in [-0.2, 0) is 0 Å². The minimum atomic E-state index is -0.684. The Bertz CT molecular complexity index is 569. The van der Waals surface area contributed by atoms with Gasteiger partial charge in [0.15, 0.2) is 5.76 Å². The minimum Gasteiger partial charge on any atom is -0.451 e. The maximum atomic E-state index is 11.9. The lowest BCUT2D eigenvalue weighted by Gasteiger charge is -2.18. The molecule has 0 aliphatic heterocycles. The lowest BCUT2D eigenvalue weighted by molar-refractivity contribution is 0.0904. The number of furan rings is 1. The monoisotopic (exact) mass is 227 g/mol. The van der Waals surface area contributed by atoms with Crippen LogP contribution in [0.4, 0.5) is 0 Å². The van der Waals surface area contributed by atoms with Crippen LogP contribution >= 0.6 is 0 Å². The van der Waals surface area contributed by atoms with Crippen LogP contribution in [0, 0.1) is 12.3 Å². The molecule has 17 heavy (non-hydrogen) atoms. The molecule has 86 valence electrons. The summed E-state index contributed by atoms with van der Waals surface area (Å²) < 4.78 is 5.44. The van der Waals surface area contributed by atoms with Crippen LogP contribution in [0.15, 0.2) is 34.7 Å². The third-order valence-corrected chi connectivity index (χ3v) is 2.44. The van der Waals surface area contributed by atoms with E-state index in [4.69, 9.17) is 10.8 Å². The van der Waals surface area contributed by atoms with Crippen LogP contribution < -0.4 is 5.32 Å². The standard InChI is InChI=1S/C14H13NO2/c1-4-14(2,3)15-13(16)12-9-10-7-5-6-8-11(10)17-12/h1,5-9H,2-3H3,(H,15,16). The van der Waals surface area contributed by atoms with Crippen molar-refractivity contribution in [3.63, 3.8) is 0 Å². The fourth-order valence-electron chi connectivity index (χ4n) is 1.48. The number of hydrogen-bond donors (Lipinski definition) is 1. The fraction of sp³-hybridized carbons (Fsp3) is 0.214.